The van der Waals surface area contributed by atoms with Crippen LogP contribution in [-0.2, 0) is 25.4 Å². The summed E-state index contributed by atoms with van der Waals surface area (Å²) in [6.07, 6.45) is 0. The van der Waals surface area contributed by atoms with Gasteiger partial charge < -0.3 is 5.11 Å². The molecule has 1 N–H and O–H groups in total. The van der Waals surface area contributed by atoms with E-state index < -0.39 is 14.0 Å². The van der Waals surface area contributed by atoms with Gasteiger partial charge in [0, 0.05) is 6.61 Å². The van der Waals surface area contributed by atoms with Crippen LogP contribution < -0.4 is 0 Å². The molecule has 0 aliphatic heterocycles. The molecule has 0 heterocycles. The Morgan fingerprint density at radius 3 is 1.43 bits per heavy atom. The van der Waals surface area contributed by atoms with Crippen molar-refractivity contribution in [3.63, 3.8) is 0 Å². The van der Waals surface area contributed by atoms with Crippen LogP contribution in [0, 0.1) is 0 Å². The van der Waals surface area contributed by atoms with E-state index in [0.717, 1.165) is 0 Å². The second-order valence-corrected chi connectivity index (χ2v) is 1.16. The van der Waals surface area contributed by atoms with Gasteiger partial charge in [0.05, 0.1) is 0 Å². The topological polar surface area (TPSA) is 71.4 Å². The van der Waals surface area contributed by atoms with Crippen molar-refractivity contribution in [1.29, 1.82) is 0 Å². The molecular weight excluding hydrogens is 140 g/mol. The summed E-state index contributed by atoms with van der Waals surface area (Å²) in [4.78, 5) is 0. The SMILES string of the molecule is CCO.[O]=[Cr](=[O])=[O]. The van der Waals surface area contributed by atoms with Crippen molar-refractivity contribution >= 4 is 0 Å². The molecule has 0 rings (SSSR count). The molecule has 0 aromatic carbocycles. The number of aliphatic hydroxyl groups excluding tert-OH is 1. The van der Waals surface area contributed by atoms with Crippen LogP contribution in [0.4, 0.5) is 0 Å². The van der Waals surface area contributed by atoms with E-state index in [1.807, 2.05) is 0 Å². The van der Waals surface area contributed by atoms with Crippen LogP contribution in [-0.4, -0.2) is 11.7 Å². The quantitative estimate of drug-likeness (QED) is 0.506. The summed E-state index contributed by atoms with van der Waals surface area (Å²) in [6.45, 7) is 1.93. The molecule has 44 valence electrons. The van der Waals surface area contributed by atoms with Gasteiger partial charge in [-0.05, 0) is 6.92 Å². The Bertz CT molecular complexity index is 89.9. The Hall–Kier alpha value is -0.108. The molecule has 0 saturated carbocycles. The molecule has 0 atom stereocenters. The van der Waals surface area contributed by atoms with Gasteiger partial charge in [-0.1, -0.05) is 0 Å². The number of hydrogen-bond donors (Lipinski definition) is 1. The maximum absolute atomic E-state index is 8.54. The first-order chi connectivity index (χ1) is 3.15. The second-order valence-electron chi connectivity index (χ2n) is 0.520. The van der Waals surface area contributed by atoms with Crippen molar-refractivity contribution < 1.29 is 30.5 Å². The molecule has 0 aliphatic rings. The van der Waals surface area contributed by atoms with Gasteiger partial charge in [0.1, 0.15) is 0 Å². The standard InChI is InChI=1S/C2H6O.Cr.3O/c1-2-3;;;;/h3H,2H2,1H3;;;;. The van der Waals surface area contributed by atoms with Crippen LogP contribution in [0.25, 0.3) is 0 Å². The molecule has 0 aromatic heterocycles. The molecule has 5 heteroatoms. The van der Waals surface area contributed by atoms with Crippen LogP contribution in [0.1, 0.15) is 6.92 Å². The van der Waals surface area contributed by atoms with E-state index in [1.165, 1.54) is 0 Å². The maximum atomic E-state index is 8.54. The van der Waals surface area contributed by atoms with Crippen LogP contribution >= 0.6 is 0 Å². The van der Waals surface area contributed by atoms with Crippen molar-refractivity contribution in [3.05, 3.63) is 0 Å². The average molecular weight is 146 g/mol. The van der Waals surface area contributed by atoms with Gasteiger partial charge in [-0.25, -0.2) is 0 Å². The normalized spacial score (nSPS) is 6.00. The minimum absolute atomic E-state index is 0.250. The van der Waals surface area contributed by atoms with Gasteiger partial charge in [0.25, 0.3) is 0 Å². The van der Waals surface area contributed by atoms with Gasteiger partial charge in [-0.3, -0.25) is 0 Å². The van der Waals surface area contributed by atoms with Gasteiger partial charge in [0.2, 0.25) is 0 Å². The molecule has 0 spiro atoms. The molecule has 4 nitrogen and oxygen atoms in total. The molecular formula is C2H6CrO4. The van der Waals surface area contributed by atoms with Gasteiger partial charge in [-0.15, -0.1) is 0 Å². The van der Waals surface area contributed by atoms with E-state index >= 15 is 0 Å². The summed E-state index contributed by atoms with van der Waals surface area (Å²) >= 11 is -3.79. The fourth-order valence-electron chi connectivity index (χ4n) is 0. The third kappa shape index (κ3) is 7720. The molecule has 0 aliphatic carbocycles. The predicted molar refractivity (Wildman–Crippen MR) is 14.8 cm³/mol. The number of hydrogen-bond acceptors (Lipinski definition) is 4. The molecule has 7 heavy (non-hydrogen) atoms. The summed E-state index contributed by atoms with van der Waals surface area (Å²) < 4.78 is 25.6. The van der Waals surface area contributed by atoms with E-state index in [1.54, 1.807) is 6.92 Å². The summed E-state index contributed by atoms with van der Waals surface area (Å²) in [7, 11) is 0. The summed E-state index contributed by atoms with van der Waals surface area (Å²) in [5.74, 6) is 0. The van der Waals surface area contributed by atoms with E-state index in [9.17, 15) is 0 Å². The van der Waals surface area contributed by atoms with E-state index in [0.29, 0.717) is 0 Å². The van der Waals surface area contributed by atoms with Crippen LogP contribution in [0.3, 0.4) is 0 Å². The van der Waals surface area contributed by atoms with E-state index in [4.69, 9.17) is 16.5 Å². The molecule has 0 saturated heterocycles. The average Bonchev–Trinajstić information content (AvgIpc) is 1.33. The minimum atomic E-state index is -3.79. The Labute approximate surface area is 44.8 Å². The zero-order valence-electron chi connectivity index (χ0n) is 3.79. The summed E-state index contributed by atoms with van der Waals surface area (Å²) in [6, 6.07) is 0. The Morgan fingerprint density at radius 2 is 1.43 bits per heavy atom. The molecule has 0 amide bonds. The zero-order valence-corrected chi connectivity index (χ0v) is 5.06. The Kier molecular flexibility index (Phi) is 13.3. The third-order valence-corrected chi connectivity index (χ3v) is 0. The number of rotatable bonds is 0. The first kappa shape index (κ1) is 10.00. The number of aliphatic hydroxyl groups is 1. The summed E-state index contributed by atoms with van der Waals surface area (Å²) in [5.41, 5.74) is 0. The Morgan fingerprint density at radius 1 is 1.43 bits per heavy atom. The van der Waals surface area contributed by atoms with Gasteiger partial charge >= 0.3 is 25.4 Å². The van der Waals surface area contributed by atoms with Crippen molar-refractivity contribution in [1.82, 2.24) is 0 Å². The first-order valence-corrected chi connectivity index (χ1v) is 3.08. The fraction of sp³-hybridized carbons (Fsp3) is 1.00. The fourth-order valence-corrected chi connectivity index (χ4v) is 0. The van der Waals surface area contributed by atoms with Crippen LogP contribution in [0.5, 0.6) is 0 Å². The molecule has 0 bridgehead atoms. The summed E-state index contributed by atoms with van der Waals surface area (Å²) in [5, 5.41) is 7.57. The van der Waals surface area contributed by atoms with Crippen LogP contribution in [0.15, 0.2) is 0 Å². The molecule has 0 radical (unpaired) electrons. The van der Waals surface area contributed by atoms with Crippen molar-refractivity contribution in [2.24, 2.45) is 0 Å². The van der Waals surface area contributed by atoms with Crippen molar-refractivity contribution in [2.75, 3.05) is 6.61 Å². The van der Waals surface area contributed by atoms with Crippen molar-refractivity contribution in [3.8, 4) is 0 Å². The monoisotopic (exact) mass is 146 g/mol. The second kappa shape index (κ2) is 9.31. The predicted octanol–water partition coefficient (Wildman–Crippen LogP) is -0.360. The Balaban J connectivity index is 0. The van der Waals surface area contributed by atoms with Gasteiger partial charge in [0.15, 0.2) is 0 Å². The zero-order chi connectivity index (χ0) is 6.28. The molecule has 0 aromatic rings. The molecule has 0 unspecified atom stereocenters. The third-order valence-electron chi connectivity index (χ3n) is 0. The first-order valence-electron chi connectivity index (χ1n) is 1.52. The van der Waals surface area contributed by atoms with Gasteiger partial charge in [-0.2, -0.15) is 0 Å². The molecule has 0 fully saturated rings. The van der Waals surface area contributed by atoms with E-state index in [-0.39, 0.29) is 6.61 Å². The van der Waals surface area contributed by atoms with E-state index in [2.05, 4.69) is 0 Å². The van der Waals surface area contributed by atoms with Crippen LogP contribution in [0.2, 0.25) is 0 Å². The van der Waals surface area contributed by atoms with Crippen molar-refractivity contribution in [2.45, 2.75) is 6.92 Å².